The normalized spacial score (nSPS) is 19.2. The highest BCUT2D eigenvalue weighted by molar-refractivity contribution is 6.23. The number of hydrogen-bond acceptors (Lipinski definition) is 1. The third kappa shape index (κ3) is 4.19. The second-order valence-electron chi connectivity index (χ2n) is 6.16. The summed E-state index contributed by atoms with van der Waals surface area (Å²) in [5, 5.41) is 8.76. The van der Waals surface area contributed by atoms with Crippen molar-refractivity contribution in [3.05, 3.63) is 35.1 Å². The van der Waals surface area contributed by atoms with Gasteiger partial charge in [0.15, 0.2) is 0 Å². The van der Waals surface area contributed by atoms with Crippen molar-refractivity contribution in [3.63, 3.8) is 0 Å². The molecular weight excluding hydrogens is 291 g/mol. The lowest BCUT2D eigenvalue weighted by molar-refractivity contribution is -0.137. The van der Waals surface area contributed by atoms with Crippen LogP contribution in [0, 0.1) is 5.82 Å². The Balaban J connectivity index is 2.15. The summed E-state index contributed by atoms with van der Waals surface area (Å²) in [6.45, 7) is 1.74. The molecule has 1 fully saturated rings. The van der Waals surface area contributed by atoms with E-state index in [0.29, 0.717) is 11.5 Å². The van der Waals surface area contributed by atoms with Gasteiger partial charge in [0.2, 0.25) is 0 Å². The average Bonchev–Trinajstić information content (AvgIpc) is 2.46. The topological polar surface area (TPSA) is 37.3 Å². The minimum atomic E-state index is -0.888. The van der Waals surface area contributed by atoms with E-state index in [1.165, 1.54) is 12.5 Å². The van der Waals surface area contributed by atoms with Crippen molar-refractivity contribution >= 4 is 17.6 Å². The second-order valence-corrected chi connectivity index (χ2v) is 7.00. The third-order valence-electron chi connectivity index (χ3n) is 4.46. The van der Waals surface area contributed by atoms with Crippen LogP contribution in [0.2, 0.25) is 0 Å². The summed E-state index contributed by atoms with van der Waals surface area (Å²) in [5.74, 6) is -0.781. The molecule has 1 atom stereocenters. The van der Waals surface area contributed by atoms with E-state index < -0.39 is 10.8 Å². The van der Waals surface area contributed by atoms with E-state index in [2.05, 4.69) is 0 Å². The first kappa shape index (κ1) is 16.3. The summed E-state index contributed by atoms with van der Waals surface area (Å²) in [6, 6.07) is 5.17. The molecule has 4 heteroatoms. The van der Waals surface area contributed by atoms with Gasteiger partial charge in [0.05, 0.1) is 4.87 Å². The van der Waals surface area contributed by atoms with Crippen molar-refractivity contribution in [1.29, 1.82) is 0 Å². The van der Waals surface area contributed by atoms with Gasteiger partial charge in [0.25, 0.3) is 0 Å². The Morgan fingerprint density at radius 2 is 2.05 bits per heavy atom. The van der Waals surface area contributed by atoms with Crippen molar-refractivity contribution in [2.45, 2.75) is 62.7 Å². The van der Waals surface area contributed by atoms with Crippen LogP contribution < -0.4 is 0 Å². The smallest absolute Gasteiger partial charge is 0.303 e. The summed E-state index contributed by atoms with van der Waals surface area (Å²) in [6.07, 6.45) is 5.93. The molecule has 2 rings (SSSR count). The van der Waals surface area contributed by atoms with Gasteiger partial charge in [0, 0.05) is 6.42 Å². The van der Waals surface area contributed by atoms with Gasteiger partial charge < -0.3 is 5.11 Å². The Morgan fingerprint density at radius 1 is 1.38 bits per heavy atom. The standard InChI is InChI=1S/C17H22ClFO2/c1-17(18,10-9-16(20)21)13-7-8-14(15(19)11-13)12-5-3-2-4-6-12/h7-8,11-12H,2-6,9-10H2,1H3,(H,20,21). The Kier molecular flexibility index (Phi) is 5.26. The predicted octanol–water partition coefficient (Wildman–Crippen LogP) is 5.19. The number of hydrogen-bond donors (Lipinski definition) is 1. The van der Waals surface area contributed by atoms with E-state index in [1.807, 2.05) is 12.1 Å². The lowest BCUT2D eigenvalue weighted by Gasteiger charge is -2.25. The molecule has 1 aliphatic carbocycles. The van der Waals surface area contributed by atoms with Gasteiger partial charge in [-0.3, -0.25) is 4.79 Å². The zero-order valence-electron chi connectivity index (χ0n) is 12.4. The van der Waals surface area contributed by atoms with Gasteiger partial charge >= 0.3 is 5.97 Å². The molecule has 0 saturated heterocycles. The molecule has 116 valence electrons. The van der Waals surface area contributed by atoms with Crippen molar-refractivity contribution < 1.29 is 14.3 Å². The lowest BCUT2D eigenvalue weighted by atomic mass is 9.83. The van der Waals surface area contributed by atoms with Crippen LogP contribution in [0.5, 0.6) is 0 Å². The first-order valence-corrected chi connectivity index (χ1v) is 7.98. The lowest BCUT2D eigenvalue weighted by Crippen LogP contribution is -2.17. The molecule has 0 aromatic heterocycles. The number of carboxylic acids is 1. The summed E-state index contributed by atoms with van der Waals surface area (Å²) in [5.41, 5.74) is 1.44. The molecule has 21 heavy (non-hydrogen) atoms. The van der Waals surface area contributed by atoms with Crippen LogP contribution in [0.15, 0.2) is 18.2 Å². The highest BCUT2D eigenvalue weighted by Crippen LogP contribution is 2.38. The fraction of sp³-hybridized carbons (Fsp3) is 0.588. The van der Waals surface area contributed by atoms with E-state index in [4.69, 9.17) is 16.7 Å². The molecule has 1 N–H and O–H groups in total. The number of alkyl halides is 1. The molecule has 0 heterocycles. The first-order chi connectivity index (χ1) is 9.90. The zero-order valence-corrected chi connectivity index (χ0v) is 13.1. The maximum atomic E-state index is 14.4. The predicted molar refractivity (Wildman–Crippen MR) is 82.3 cm³/mol. The van der Waals surface area contributed by atoms with Gasteiger partial charge in [-0.2, -0.15) is 0 Å². The van der Waals surface area contributed by atoms with Crippen LogP contribution in [0.3, 0.4) is 0 Å². The Labute approximate surface area is 130 Å². The molecular formula is C17H22ClFO2. The molecule has 1 unspecified atom stereocenters. The Bertz CT molecular complexity index is 508. The Hall–Kier alpha value is -1.09. The maximum Gasteiger partial charge on any atom is 0.303 e. The molecule has 1 aliphatic rings. The molecule has 1 aromatic rings. The number of aliphatic carboxylic acids is 1. The number of halogens is 2. The van der Waals surface area contributed by atoms with Crippen molar-refractivity contribution in [3.8, 4) is 0 Å². The molecule has 2 nitrogen and oxygen atoms in total. The first-order valence-electron chi connectivity index (χ1n) is 7.61. The van der Waals surface area contributed by atoms with E-state index in [-0.39, 0.29) is 18.7 Å². The van der Waals surface area contributed by atoms with E-state index in [9.17, 15) is 9.18 Å². The summed E-state index contributed by atoms with van der Waals surface area (Å²) in [4.78, 5) is 9.83. The van der Waals surface area contributed by atoms with Crippen LogP contribution in [0.4, 0.5) is 4.39 Å². The number of carboxylic acid groups (broad SMARTS) is 1. The van der Waals surface area contributed by atoms with Crippen molar-refractivity contribution in [1.82, 2.24) is 0 Å². The van der Waals surface area contributed by atoms with E-state index in [0.717, 1.165) is 31.2 Å². The molecule has 1 saturated carbocycles. The van der Waals surface area contributed by atoms with Crippen LogP contribution >= 0.6 is 11.6 Å². The fourth-order valence-electron chi connectivity index (χ4n) is 3.08. The van der Waals surface area contributed by atoms with Crippen LogP contribution in [-0.4, -0.2) is 11.1 Å². The summed E-state index contributed by atoms with van der Waals surface area (Å²) in [7, 11) is 0. The molecule has 0 aliphatic heterocycles. The molecule has 0 radical (unpaired) electrons. The van der Waals surface area contributed by atoms with Crippen LogP contribution in [-0.2, 0) is 9.67 Å². The average molecular weight is 313 g/mol. The van der Waals surface area contributed by atoms with Crippen molar-refractivity contribution in [2.75, 3.05) is 0 Å². The number of rotatable bonds is 5. The highest BCUT2D eigenvalue weighted by Gasteiger charge is 2.27. The van der Waals surface area contributed by atoms with Crippen LogP contribution in [0.1, 0.15) is 68.9 Å². The molecule has 0 bridgehead atoms. The molecule has 0 spiro atoms. The van der Waals surface area contributed by atoms with Gasteiger partial charge in [-0.05, 0) is 49.3 Å². The van der Waals surface area contributed by atoms with Crippen LogP contribution in [0.25, 0.3) is 0 Å². The Morgan fingerprint density at radius 3 is 2.62 bits per heavy atom. The fourth-order valence-corrected chi connectivity index (χ4v) is 3.29. The number of benzene rings is 1. The largest absolute Gasteiger partial charge is 0.481 e. The van der Waals surface area contributed by atoms with Crippen molar-refractivity contribution in [2.24, 2.45) is 0 Å². The maximum absolute atomic E-state index is 14.4. The van der Waals surface area contributed by atoms with Gasteiger partial charge in [-0.1, -0.05) is 31.4 Å². The van der Waals surface area contributed by atoms with E-state index >= 15 is 0 Å². The number of carbonyl (C=O) groups is 1. The summed E-state index contributed by atoms with van der Waals surface area (Å²) < 4.78 is 14.4. The third-order valence-corrected chi connectivity index (χ3v) is 4.86. The second kappa shape index (κ2) is 6.78. The monoisotopic (exact) mass is 312 g/mol. The van der Waals surface area contributed by atoms with Gasteiger partial charge in [-0.15, -0.1) is 11.6 Å². The van der Waals surface area contributed by atoms with Gasteiger partial charge in [0.1, 0.15) is 5.82 Å². The minimum absolute atomic E-state index is 0.0218. The molecule has 1 aromatic carbocycles. The quantitative estimate of drug-likeness (QED) is 0.759. The summed E-state index contributed by atoms with van der Waals surface area (Å²) >= 11 is 6.39. The van der Waals surface area contributed by atoms with Gasteiger partial charge in [-0.25, -0.2) is 4.39 Å². The zero-order chi connectivity index (χ0) is 15.5. The highest BCUT2D eigenvalue weighted by atomic mass is 35.5. The minimum Gasteiger partial charge on any atom is -0.481 e. The molecule has 0 amide bonds. The van der Waals surface area contributed by atoms with E-state index in [1.54, 1.807) is 6.92 Å². The SMILES string of the molecule is CC(Cl)(CCC(=O)O)c1ccc(C2CCCCC2)c(F)c1.